The maximum Gasteiger partial charge on any atom is 0.00952 e. The molecular weight excluding hydrogens is 218 g/mol. The molecule has 0 heterocycles. The fourth-order valence-corrected chi connectivity index (χ4v) is 4.52. The third-order valence-corrected chi connectivity index (χ3v) is 5.35. The van der Waals surface area contributed by atoms with Crippen LogP contribution in [0.1, 0.15) is 37.3 Å². The first-order chi connectivity index (χ1) is 8.83. The van der Waals surface area contributed by atoms with Gasteiger partial charge in [-0.1, -0.05) is 31.2 Å². The van der Waals surface area contributed by atoms with E-state index in [-0.39, 0.29) is 0 Å². The fourth-order valence-electron chi connectivity index (χ4n) is 4.52. The highest BCUT2D eigenvalue weighted by atomic mass is 14.9. The predicted octanol–water partition coefficient (Wildman–Crippen LogP) is 3.43. The van der Waals surface area contributed by atoms with Crippen molar-refractivity contribution in [2.75, 3.05) is 7.05 Å². The molecule has 18 heavy (non-hydrogen) atoms. The second kappa shape index (κ2) is 5.05. The first-order valence-electron chi connectivity index (χ1n) is 7.57. The van der Waals surface area contributed by atoms with Crippen molar-refractivity contribution in [1.29, 1.82) is 0 Å². The molecule has 1 saturated carbocycles. The highest BCUT2D eigenvalue weighted by Gasteiger charge is 2.41. The third kappa shape index (κ3) is 1.99. The SMILES string of the molecule is CCC(NC)C1C2CCC1Cc1ccccc1C2. The van der Waals surface area contributed by atoms with Crippen LogP contribution in [0.3, 0.4) is 0 Å². The molecule has 0 amide bonds. The number of benzene rings is 1. The van der Waals surface area contributed by atoms with Crippen LogP contribution < -0.4 is 5.32 Å². The molecular formula is C17H25N. The molecule has 1 aromatic carbocycles. The van der Waals surface area contributed by atoms with Crippen LogP contribution >= 0.6 is 0 Å². The largest absolute Gasteiger partial charge is 0.317 e. The highest BCUT2D eigenvalue weighted by Crippen LogP contribution is 2.46. The van der Waals surface area contributed by atoms with E-state index in [9.17, 15) is 0 Å². The average Bonchev–Trinajstić information content (AvgIpc) is 2.68. The second-order valence-electron chi connectivity index (χ2n) is 6.16. The second-order valence-corrected chi connectivity index (χ2v) is 6.16. The molecule has 0 aliphatic heterocycles. The van der Waals surface area contributed by atoms with Crippen LogP contribution in [0.15, 0.2) is 24.3 Å². The predicted molar refractivity (Wildman–Crippen MR) is 76.7 cm³/mol. The van der Waals surface area contributed by atoms with Crippen molar-refractivity contribution < 1.29 is 0 Å². The lowest BCUT2D eigenvalue weighted by Crippen LogP contribution is -2.38. The van der Waals surface area contributed by atoms with Gasteiger partial charge in [0, 0.05) is 6.04 Å². The van der Waals surface area contributed by atoms with Gasteiger partial charge in [-0.25, -0.2) is 0 Å². The maximum atomic E-state index is 3.58. The van der Waals surface area contributed by atoms with Crippen molar-refractivity contribution in [2.45, 2.75) is 45.1 Å². The summed E-state index contributed by atoms with van der Waals surface area (Å²) in [5.41, 5.74) is 3.25. The number of fused-ring (bicyclic) bond motifs is 3. The van der Waals surface area contributed by atoms with Gasteiger partial charge in [-0.15, -0.1) is 0 Å². The molecule has 0 radical (unpaired) electrons. The lowest BCUT2D eigenvalue weighted by atomic mass is 9.80. The van der Waals surface area contributed by atoms with E-state index in [0.717, 1.165) is 23.8 Å². The average molecular weight is 243 g/mol. The van der Waals surface area contributed by atoms with Crippen LogP contribution in [0, 0.1) is 17.8 Å². The quantitative estimate of drug-likeness (QED) is 0.857. The van der Waals surface area contributed by atoms with Crippen molar-refractivity contribution in [2.24, 2.45) is 17.8 Å². The zero-order chi connectivity index (χ0) is 12.5. The van der Waals surface area contributed by atoms with Crippen molar-refractivity contribution in [3.63, 3.8) is 0 Å². The van der Waals surface area contributed by atoms with E-state index in [1.54, 1.807) is 11.1 Å². The highest BCUT2D eigenvalue weighted by molar-refractivity contribution is 5.30. The molecule has 0 aromatic heterocycles. The summed E-state index contributed by atoms with van der Waals surface area (Å²) < 4.78 is 0. The van der Waals surface area contributed by atoms with Crippen LogP contribution in [0.2, 0.25) is 0 Å². The lowest BCUT2D eigenvalue weighted by molar-refractivity contribution is 0.234. The van der Waals surface area contributed by atoms with E-state index in [2.05, 4.69) is 43.6 Å². The van der Waals surface area contributed by atoms with Gasteiger partial charge in [0.1, 0.15) is 0 Å². The molecule has 98 valence electrons. The Kier molecular flexibility index (Phi) is 3.43. The molecule has 0 spiro atoms. The minimum atomic E-state index is 0.719. The third-order valence-electron chi connectivity index (χ3n) is 5.35. The topological polar surface area (TPSA) is 12.0 Å². The Morgan fingerprint density at radius 3 is 2.11 bits per heavy atom. The van der Waals surface area contributed by atoms with Crippen molar-refractivity contribution in [3.8, 4) is 0 Å². The van der Waals surface area contributed by atoms with Crippen molar-refractivity contribution in [1.82, 2.24) is 5.32 Å². The van der Waals surface area contributed by atoms with Crippen LogP contribution in [-0.4, -0.2) is 13.1 Å². The molecule has 1 fully saturated rings. The normalized spacial score (nSPS) is 31.8. The van der Waals surface area contributed by atoms with Gasteiger partial charge in [0.15, 0.2) is 0 Å². The molecule has 2 aliphatic carbocycles. The van der Waals surface area contributed by atoms with Crippen LogP contribution in [0.25, 0.3) is 0 Å². The Morgan fingerprint density at radius 1 is 1.11 bits per heavy atom. The number of hydrogen-bond donors (Lipinski definition) is 1. The number of rotatable bonds is 3. The van der Waals surface area contributed by atoms with E-state index in [0.29, 0.717) is 0 Å². The summed E-state index contributed by atoms with van der Waals surface area (Å²) >= 11 is 0. The Bertz CT molecular complexity index is 375. The zero-order valence-corrected chi connectivity index (χ0v) is 11.7. The first kappa shape index (κ1) is 12.2. The summed E-state index contributed by atoms with van der Waals surface area (Å²) in [5, 5.41) is 3.58. The Morgan fingerprint density at radius 2 is 1.67 bits per heavy atom. The van der Waals surface area contributed by atoms with Crippen LogP contribution in [-0.2, 0) is 12.8 Å². The summed E-state index contributed by atoms with van der Waals surface area (Å²) in [7, 11) is 2.14. The Hall–Kier alpha value is -0.820. The first-order valence-corrected chi connectivity index (χ1v) is 7.57. The molecule has 2 aliphatic rings. The van der Waals surface area contributed by atoms with Gasteiger partial charge in [-0.3, -0.25) is 0 Å². The molecule has 3 rings (SSSR count). The van der Waals surface area contributed by atoms with E-state index >= 15 is 0 Å². The van der Waals surface area contributed by atoms with Gasteiger partial charge < -0.3 is 5.32 Å². The summed E-state index contributed by atoms with van der Waals surface area (Å²) in [6, 6.07) is 9.85. The summed E-state index contributed by atoms with van der Waals surface area (Å²) in [6.07, 6.45) is 6.79. The van der Waals surface area contributed by atoms with Gasteiger partial charge in [0.05, 0.1) is 0 Å². The summed E-state index contributed by atoms with van der Waals surface area (Å²) in [6.45, 7) is 2.33. The maximum absolute atomic E-state index is 3.58. The summed E-state index contributed by atoms with van der Waals surface area (Å²) in [4.78, 5) is 0. The lowest BCUT2D eigenvalue weighted by Gasteiger charge is -2.30. The minimum Gasteiger partial charge on any atom is -0.317 e. The van der Waals surface area contributed by atoms with Gasteiger partial charge in [0.25, 0.3) is 0 Å². The molecule has 3 atom stereocenters. The van der Waals surface area contributed by atoms with E-state index in [4.69, 9.17) is 0 Å². The molecule has 0 saturated heterocycles. The molecule has 1 nitrogen and oxygen atoms in total. The van der Waals surface area contributed by atoms with E-state index < -0.39 is 0 Å². The van der Waals surface area contributed by atoms with Gasteiger partial charge in [-0.2, -0.15) is 0 Å². The monoisotopic (exact) mass is 243 g/mol. The zero-order valence-electron chi connectivity index (χ0n) is 11.7. The van der Waals surface area contributed by atoms with Gasteiger partial charge in [0.2, 0.25) is 0 Å². The Balaban J connectivity index is 1.90. The van der Waals surface area contributed by atoms with Gasteiger partial charge in [-0.05, 0) is 68.0 Å². The van der Waals surface area contributed by atoms with Crippen molar-refractivity contribution in [3.05, 3.63) is 35.4 Å². The smallest absolute Gasteiger partial charge is 0.00952 e. The molecule has 3 unspecified atom stereocenters. The van der Waals surface area contributed by atoms with Crippen LogP contribution in [0.4, 0.5) is 0 Å². The van der Waals surface area contributed by atoms with E-state index in [1.165, 1.54) is 32.1 Å². The Labute approximate surface area is 111 Å². The number of hydrogen-bond acceptors (Lipinski definition) is 1. The van der Waals surface area contributed by atoms with Gasteiger partial charge >= 0.3 is 0 Å². The fraction of sp³-hybridized carbons (Fsp3) is 0.647. The number of nitrogens with one attached hydrogen (secondary N) is 1. The van der Waals surface area contributed by atoms with Crippen LogP contribution in [0.5, 0.6) is 0 Å². The van der Waals surface area contributed by atoms with E-state index in [1.807, 2.05) is 0 Å². The molecule has 1 heteroatoms. The summed E-state index contributed by atoms with van der Waals surface area (Å²) in [5.74, 6) is 2.72. The molecule has 1 N–H and O–H groups in total. The molecule has 1 aromatic rings. The minimum absolute atomic E-state index is 0.719. The van der Waals surface area contributed by atoms with Crippen molar-refractivity contribution >= 4 is 0 Å². The standard InChI is InChI=1S/C17H25N/c1-3-16(18-2)17-14-8-9-15(17)11-13-7-5-4-6-12(13)10-14/h4-7,14-18H,3,8-11H2,1-2H3. The molecule has 2 bridgehead atoms.